The van der Waals surface area contributed by atoms with Crippen LogP contribution in [0.25, 0.3) is 0 Å². The highest BCUT2D eigenvalue weighted by atomic mass is 16.1. The summed E-state index contributed by atoms with van der Waals surface area (Å²) in [7, 11) is 0. The Hall–Kier alpha value is -0.990. The van der Waals surface area contributed by atoms with E-state index >= 15 is 0 Å². The lowest BCUT2D eigenvalue weighted by molar-refractivity contribution is -0.114. The minimum absolute atomic E-state index is 0.316. The van der Waals surface area contributed by atoms with Crippen LogP contribution in [-0.4, -0.2) is 23.9 Å². The van der Waals surface area contributed by atoms with E-state index in [1.54, 1.807) is 6.92 Å². The summed E-state index contributed by atoms with van der Waals surface area (Å²) in [5, 5.41) is 0. The molecule has 0 aliphatic carbocycles. The smallest absolute Gasteiger partial charge is 0.246 e. The van der Waals surface area contributed by atoms with E-state index in [-0.39, 0.29) is 5.91 Å². The van der Waals surface area contributed by atoms with Crippen LogP contribution in [0.5, 0.6) is 0 Å². The van der Waals surface area contributed by atoms with Gasteiger partial charge in [-0.1, -0.05) is 6.92 Å². The van der Waals surface area contributed by atoms with Crippen molar-refractivity contribution in [1.82, 2.24) is 4.90 Å². The van der Waals surface area contributed by atoms with Crippen LogP contribution in [0.15, 0.2) is 11.3 Å². The number of amides is 1. The molecule has 0 spiro atoms. The number of allylic oxidation sites excluding steroid dienone is 1. The molecule has 0 aromatic carbocycles. The molecule has 0 aliphatic heterocycles. The standard InChI is InChI=1S/C10H20N2O/c1-5-9(8(4)10(11)13)12(6-2)7-3/h5-7H2,1-4H3,(H2,11,13). The number of hydrogen-bond donors (Lipinski definition) is 1. The molecule has 0 rings (SSSR count). The lowest BCUT2D eigenvalue weighted by atomic mass is 10.1. The molecule has 0 saturated carbocycles. The van der Waals surface area contributed by atoms with Crippen molar-refractivity contribution in [2.24, 2.45) is 5.73 Å². The predicted molar refractivity (Wildman–Crippen MR) is 55.1 cm³/mol. The highest BCUT2D eigenvalue weighted by molar-refractivity contribution is 5.91. The first-order valence-corrected chi connectivity index (χ1v) is 4.82. The molecule has 0 bridgehead atoms. The third kappa shape index (κ3) is 3.09. The van der Waals surface area contributed by atoms with Gasteiger partial charge < -0.3 is 10.6 Å². The Kier molecular flexibility index (Phi) is 5.19. The van der Waals surface area contributed by atoms with E-state index in [1.165, 1.54) is 0 Å². The Balaban J connectivity index is 4.84. The number of nitrogens with zero attached hydrogens (tertiary/aromatic N) is 1. The first-order valence-electron chi connectivity index (χ1n) is 4.82. The van der Waals surface area contributed by atoms with E-state index in [4.69, 9.17) is 5.73 Å². The fourth-order valence-electron chi connectivity index (χ4n) is 1.47. The van der Waals surface area contributed by atoms with Gasteiger partial charge in [0.05, 0.1) is 0 Å². The minimum Gasteiger partial charge on any atom is -0.375 e. The van der Waals surface area contributed by atoms with E-state index < -0.39 is 0 Å². The van der Waals surface area contributed by atoms with E-state index in [9.17, 15) is 4.79 Å². The average molecular weight is 184 g/mol. The Morgan fingerprint density at radius 2 is 1.69 bits per heavy atom. The van der Waals surface area contributed by atoms with Gasteiger partial charge in [-0.2, -0.15) is 0 Å². The molecule has 1 amide bonds. The van der Waals surface area contributed by atoms with Gasteiger partial charge in [-0.05, 0) is 27.2 Å². The molecule has 0 saturated heterocycles. The van der Waals surface area contributed by atoms with Crippen molar-refractivity contribution in [3.8, 4) is 0 Å². The summed E-state index contributed by atoms with van der Waals surface area (Å²) < 4.78 is 0. The third-order valence-electron chi connectivity index (χ3n) is 2.28. The quantitative estimate of drug-likeness (QED) is 0.658. The second kappa shape index (κ2) is 5.62. The monoisotopic (exact) mass is 184 g/mol. The average Bonchev–Trinajstić information content (AvgIpc) is 2.12. The fraction of sp³-hybridized carbons (Fsp3) is 0.700. The van der Waals surface area contributed by atoms with Crippen molar-refractivity contribution in [3.05, 3.63) is 11.3 Å². The molecule has 3 heteroatoms. The topological polar surface area (TPSA) is 46.3 Å². The van der Waals surface area contributed by atoms with Gasteiger partial charge in [-0.15, -0.1) is 0 Å². The zero-order valence-electron chi connectivity index (χ0n) is 9.05. The summed E-state index contributed by atoms with van der Waals surface area (Å²) in [6.45, 7) is 9.83. The molecule has 0 aromatic heterocycles. The molecule has 0 aromatic rings. The molecule has 0 fully saturated rings. The van der Waals surface area contributed by atoms with Crippen molar-refractivity contribution < 1.29 is 4.79 Å². The lowest BCUT2D eigenvalue weighted by Gasteiger charge is -2.25. The largest absolute Gasteiger partial charge is 0.375 e. The normalized spacial score (nSPS) is 12.3. The molecule has 2 N–H and O–H groups in total. The number of carbonyl (C=O) groups is 1. The Bertz CT molecular complexity index is 205. The Morgan fingerprint density at radius 1 is 1.23 bits per heavy atom. The zero-order chi connectivity index (χ0) is 10.4. The summed E-state index contributed by atoms with van der Waals surface area (Å²) in [4.78, 5) is 13.1. The predicted octanol–water partition coefficient (Wildman–Crippen LogP) is 1.50. The maximum atomic E-state index is 11.0. The number of hydrogen-bond acceptors (Lipinski definition) is 2. The van der Waals surface area contributed by atoms with Crippen molar-refractivity contribution in [2.75, 3.05) is 13.1 Å². The van der Waals surface area contributed by atoms with E-state index in [0.29, 0.717) is 5.57 Å². The van der Waals surface area contributed by atoms with Crippen LogP contribution in [0.4, 0.5) is 0 Å². The summed E-state index contributed by atoms with van der Waals surface area (Å²) in [5.41, 5.74) is 6.99. The van der Waals surface area contributed by atoms with Gasteiger partial charge in [-0.3, -0.25) is 4.79 Å². The summed E-state index contributed by atoms with van der Waals surface area (Å²) in [6.07, 6.45) is 0.858. The molecule has 0 unspecified atom stereocenters. The number of primary amides is 1. The van der Waals surface area contributed by atoms with Crippen LogP contribution in [0.1, 0.15) is 34.1 Å². The van der Waals surface area contributed by atoms with Gasteiger partial charge in [-0.25, -0.2) is 0 Å². The van der Waals surface area contributed by atoms with E-state index in [0.717, 1.165) is 25.2 Å². The summed E-state index contributed by atoms with van der Waals surface area (Å²) in [5.74, 6) is -0.316. The Labute approximate surface area is 80.6 Å². The maximum absolute atomic E-state index is 11.0. The van der Waals surface area contributed by atoms with E-state index in [1.807, 2.05) is 6.92 Å². The summed E-state index contributed by atoms with van der Waals surface area (Å²) in [6, 6.07) is 0. The van der Waals surface area contributed by atoms with Crippen molar-refractivity contribution >= 4 is 5.91 Å². The van der Waals surface area contributed by atoms with Gasteiger partial charge in [0.1, 0.15) is 0 Å². The second-order valence-electron chi connectivity index (χ2n) is 2.96. The van der Waals surface area contributed by atoms with Crippen LogP contribution in [0.3, 0.4) is 0 Å². The molecule has 76 valence electrons. The minimum atomic E-state index is -0.316. The van der Waals surface area contributed by atoms with Gasteiger partial charge in [0.2, 0.25) is 5.91 Å². The number of nitrogens with two attached hydrogens (primary N) is 1. The second-order valence-corrected chi connectivity index (χ2v) is 2.96. The van der Waals surface area contributed by atoms with Crippen molar-refractivity contribution in [2.45, 2.75) is 34.1 Å². The fourth-order valence-corrected chi connectivity index (χ4v) is 1.47. The highest BCUT2D eigenvalue weighted by Gasteiger charge is 2.10. The Morgan fingerprint density at radius 3 is 1.92 bits per heavy atom. The van der Waals surface area contributed by atoms with Crippen molar-refractivity contribution in [1.29, 1.82) is 0 Å². The zero-order valence-corrected chi connectivity index (χ0v) is 9.05. The molecule has 0 atom stereocenters. The van der Waals surface area contributed by atoms with Gasteiger partial charge in [0, 0.05) is 24.4 Å². The van der Waals surface area contributed by atoms with Crippen LogP contribution in [-0.2, 0) is 4.79 Å². The van der Waals surface area contributed by atoms with Crippen LogP contribution in [0.2, 0.25) is 0 Å². The molecule has 0 heterocycles. The van der Waals surface area contributed by atoms with Crippen molar-refractivity contribution in [3.63, 3.8) is 0 Å². The first kappa shape index (κ1) is 12.0. The van der Waals surface area contributed by atoms with Gasteiger partial charge in [0.15, 0.2) is 0 Å². The lowest BCUT2D eigenvalue weighted by Crippen LogP contribution is -2.26. The molecule has 3 nitrogen and oxygen atoms in total. The van der Waals surface area contributed by atoms with E-state index in [2.05, 4.69) is 18.7 Å². The van der Waals surface area contributed by atoms with Gasteiger partial charge >= 0.3 is 0 Å². The maximum Gasteiger partial charge on any atom is 0.246 e. The third-order valence-corrected chi connectivity index (χ3v) is 2.28. The summed E-state index contributed by atoms with van der Waals surface area (Å²) >= 11 is 0. The molecular weight excluding hydrogens is 164 g/mol. The van der Waals surface area contributed by atoms with Crippen LogP contribution >= 0.6 is 0 Å². The van der Waals surface area contributed by atoms with Crippen LogP contribution < -0.4 is 5.73 Å². The molecule has 0 radical (unpaired) electrons. The highest BCUT2D eigenvalue weighted by Crippen LogP contribution is 2.13. The van der Waals surface area contributed by atoms with Crippen LogP contribution in [0, 0.1) is 0 Å². The number of carbonyl (C=O) groups excluding carboxylic acids is 1. The number of rotatable bonds is 5. The first-order chi connectivity index (χ1) is 6.08. The SMILES string of the molecule is CCC(=C(C)C(N)=O)N(CC)CC. The molecule has 13 heavy (non-hydrogen) atoms. The molecule has 0 aliphatic rings. The molecular formula is C10H20N2O. The van der Waals surface area contributed by atoms with Gasteiger partial charge in [0.25, 0.3) is 0 Å².